The van der Waals surface area contributed by atoms with E-state index in [1.807, 2.05) is 66.3 Å². The number of carbonyl (C=O) groups is 1. The van der Waals surface area contributed by atoms with Gasteiger partial charge in [-0.3, -0.25) is 9.48 Å². The minimum atomic E-state index is 0.0171. The van der Waals surface area contributed by atoms with Gasteiger partial charge < -0.3 is 10.1 Å². The molecule has 5 heteroatoms. The molecule has 0 radical (unpaired) electrons. The van der Waals surface area contributed by atoms with Gasteiger partial charge in [-0.15, -0.1) is 0 Å². The van der Waals surface area contributed by atoms with Crippen LogP contribution in [0, 0.1) is 0 Å². The number of hydrogen-bond acceptors (Lipinski definition) is 3. The lowest BCUT2D eigenvalue weighted by Crippen LogP contribution is -2.24. The van der Waals surface area contributed by atoms with E-state index in [1.54, 1.807) is 0 Å². The summed E-state index contributed by atoms with van der Waals surface area (Å²) in [6.07, 6.45) is 2.23. The Hall–Kier alpha value is -2.82. The van der Waals surface area contributed by atoms with Gasteiger partial charge in [0.05, 0.1) is 24.9 Å². The fraction of sp³-hybridized carbons (Fsp3) is 0.263. The molecule has 0 unspecified atom stereocenters. The van der Waals surface area contributed by atoms with Crippen LogP contribution in [-0.4, -0.2) is 22.3 Å². The number of benzene rings is 2. The van der Waals surface area contributed by atoms with Gasteiger partial charge in [-0.25, -0.2) is 0 Å². The maximum absolute atomic E-state index is 12.0. The topological polar surface area (TPSA) is 56.1 Å². The average Bonchev–Trinajstić information content (AvgIpc) is 3.03. The first-order valence-corrected chi connectivity index (χ1v) is 8.15. The van der Waals surface area contributed by atoms with E-state index in [0.717, 1.165) is 22.2 Å². The van der Waals surface area contributed by atoms with Crippen molar-refractivity contribution in [1.82, 2.24) is 15.1 Å². The zero-order valence-electron chi connectivity index (χ0n) is 13.7. The van der Waals surface area contributed by atoms with Crippen LogP contribution in [-0.2, 0) is 17.9 Å². The lowest BCUT2D eigenvalue weighted by atomic mass is 10.2. The van der Waals surface area contributed by atoms with Crippen LogP contribution in [0.5, 0.6) is 5.75 Å². The number of aryl methyl sites for hydroxylation is 1. The van der Waals surface area contributed by atoms with Gasteiger partial charge in [-0.05, 0) is 30.7 Å². The van der Waals surface area contributed by atoms with Gasteiger partial charge >= 0.3 is 0 Å². The van der Waals surface area contributed by atoms with Crippen LogP contribution in [0.1, 0.15) is 18.9 Å². The first-order chi connectivity index (χ1) is 11.8. The van der Waals surface area contributed by atoms with Crippen molar-refractivity contribution in [3.05, 3.63) is 60.3 Å². The third-order valence-electron chi connectivity index (χ3n) is 3.83. The summed E-state index contributed by atoms with van der Waals surface area (Å²) in [5.41, 5.74) is 2.10. The van der Waals surface area contributed by atoms with E-state index in [1.165, 1.54) is 0 Å². The quantitative estimate of drug-likeness (QED) is 0.727. The summed E-state index contributed by atoms with van der Waals surface area (Å²) in [4.78, 5) is 12.0. The molecule has 1 aromatic heterocycles. The number of carbonyl (C=O) groups excluding carboxylic acids is 1. The Balaban J connectivity index is 1.49. The van der Waals surface area contributed by atoms with E-state index >= 15 is 0 Å². The number of hydrogen-bond donors (Lipinski definition) is 1. The number of nitrogens with zero attached hydrogens (tertiary/aromatic N) is 2. The molecule has 0 spiro atoms. The van der Waals surface area contributed by atoms with E-state index in [2.05, 4.69) is 10.4 Å². The monoisotopic (exact) mass is 323 g/mol. The predicted molar refractivity (Wildman–Crippen MR) is 93.8 cm³/mol. The zero-order chi connectivity index (χ0) is 16.8. The van der Waals surface area contributed by atoms with E-state index in [0.29, 0.717) is 26.1 Å². The van der Waals surface area contributed by atoms with E-state index in [4.69, 9.17) is 4.74 Å². The summed E-state index contributed by atoms with van der Waals surface area (Å²) in [5.74, 6) is 0.863. The van der Waals surface area contributed by atoms with Crippen molar-refractivity contribution in [2.45, 2.75) is 26.4 Å². The van der Waals surface area contributed by atoms with Crippen LogP contribution in [0.3, 0.4) is 0 Å². The second kappa shape index (κ2) is 7.64. The van der Waals surface area contributed by atoms with Crippen molar-refractivity contribution >= 4 is 16.8 Å². The summed E-state index contributed by atoms with van der Waals surface area (Å²) >= 11 is 0. The van der Waals surface area contributed by atoms with Gasteiger partial charge in [0, 0.05) is 18.4 Å². The third kappa shape index (κ3) is 3.93. The lowest BCUT2D eigenvalue weighted by Gasteiger charge is -2.08. The Kier molecular flexibility index (Phi) is 5.11. The van der Waals surface area contributed by atoms with Crippen molar-refractivity contribution < 1.29 is 9.53 Å². The second-order valence-electron chi connectivity index (χ2n) is 5.53. The Bertz CT molecular complexity index is 809. The molecule has 0 aliphatic carbocycles. The van der Waals surface area contributed by atoms with Crippen molar-refractivity contribution in [2.24, 2.45) is 0 Å². The highest BCUT2D eigenvalue weighted by molar-refractivity contribution is 5.79. The molecular weight excluding hydrogens is 302 g/mol. The maximum atomic E-state index is 12.0. The Labute approximate surface area is 141 Å². The van der Waals surface area contributed by atoms with Crippen molar-refractivity contribution in [2.75, 3.05) is 6.61 Å². The normalized spacial score (nSPS) is 10.7. The van der Waals surface area contributed by atoms with Crippen LogP contribution in [0.25, 0.3) is 10.9 Å². The van der Waals surface area contributed by atoms with Gasteiger partial charge in [-0.2, -0.15) is 5.10 Å². The zero-order valence-corrected chi connectivity index (χ0v) is 13.7. The summed E-state index contributed by atoms with van der Waals surface area (Å²) in [6.45, 7) is 3.70. The molecule has 0 bridgehead atoms. The van der Waals surface area contributed by atoms with Gasteiger partial charge in [0.15, 0.2) is 0 Å². The molecular formula is C19H21N3O2. The number of para-hydroxylation sites is 1. The first-order valence-electron chi connectivity index (χ1n) is 8.15. The predicted octanol–water partition coefficient (Wildman–Crippen LogP) is 3.14. The number of fused-ring (bicyclic) bond motifs is 1. The van der Waals surface area contributed by atoms with Crippen molar-refractivity contribution in [3.63, 3.8) is 0 Å². The van der Waals surface area contributed by atoms with Crippen molar-refractivity contribution in [3.8, 4) is 5.75 Å². The fourth-order valence-corrected chi connectivity index (χ4v) is 2.57. The Morgan fingerprint density at radius 1 is 1.17 bits per heavy atom. The first kappa shape index (κ1) is 16.1. The van der Waals surface area contributed by atoms with Gasteiger partial charge in [0.25, 0.3) is 0 Å². The highest BCUT2D eigenvalue weighted by Gasteiger charge is 2.05. The summed E-state index contributed by atoms with van der Waals surface area (Å²) in [7, 11) is 0. The molecule has 1 heterocycles. The lowest BCUT2D eigenvalue weighted by molar-refractivity contribution is -0.121. The average molecular weight is 323 g/mol. The molecule has 0 aliphatic rings. The van der Waals surface area contributed by atoms with Crippen molar-refractivity contribution in [1.29, 1.82) is 0 Å². The van der Waals surface area contributed by atoms with Crippen LogP contribution < -0.4 is 10.1 Å². The molecule has 0 fully saturated rings. The van der Waals surface area contributed by atoms with Gasteiger partial charge in [0.1, 0.15) is 5.75 Å². The number of rotatable bonds is 7. The Morgan fingerprint density at radius 3 is 2.75 bits per heavy atom. The minimum absolute atomic E-state index is 0.0171. The number of amides is 1. The molecule has 0 saturated heterocycles. The number of ether oxygens (including phenoxy) is 1. The number of nitrogens with one attached hydrogen (secondary N) is 1. The van der Waals surface area contributed by atoms with Crippen LogP contribution in [0.15, 0.2) is 54.7 Å². The molecule has 3 rings (SSSR count). The molecule has 1 amide bonds. The van der Waals surface area contributed by atoms with E-state index in [-0.39, 0.29) is 5.91 Å². The molecule has 24 heavy (non-hydrogen) atoms. The highest BCUT2D eigenvalue weighted by atomic mass is 16.5. The molecule has 3 aromatic rings. The molecule has 0 atom stereocenters. The van der Waals surface area contributed by atoms with Crippen LogP contribution >= 0.6 is 0 Å². The standard InChI is InChI=1S/C19H21N3O2/c1-2-24-17-9-7-15(8-10-17)13-20-19(23)11-12-22-18-6-4-3-5-16(18)14-21-22/h3-10,14H,2,11-13H2,1H3,(H,20,23). The van der Waals surface area contributed by atoms with Crippen LogP contribution in [0.2, 0.25) is 0 Å². The highest BCUT2D eigenvalue weighted by Crippen LogP contribution is 2.13. The summed E-state index contributed by atoms with van der Waals surface area (Å²) in [5, 5.41) is 8.37. The fourth-order valence-electron chi connectivity index (χ4n) is 2.57. The van der Waals surface area contributed by atoms with Crippen LogP contribution in [0.4, 0.5) is 0 Å². The molecule has 0 aliphatic heterocycles. The molecule has 2 aromatic carbocycles. The second-order valence-corrected chi connectivity index (χ2v) is 5.53. The Morgan fingerprint density at radius 2 is 1.96 bits per heavy atom. The van der Waals surface area contributed by atoms with Gasteiger partial charge in [0.2, 0.25) is 5.91 Å². The molecule has 124 valence electrons. The SMILES string of the molecule is CCOc1ccc(CNC(=O)CCn2ncc3ccccc32)cc1. The largest absolute Gasteiger partial charge is 0.494 e. The third-order valence-corrected chi connectivity index (χ3v) is 3.83. The van der Waals surface area contributed by atoms with E-state index in [9.17, 15) is 4.79 Å². The maximum Gasteiger partial charge on any atom is 0.222 e. The molecule has 5 nitrogen and oxygen atoms in total. The van der Waals surface area contributed by atoms with E-state index < -0.39 is 0 Å². The van der Waals surface area contributed by atoms with Gasteiger partial charge in [-0.1, -0.05) is 30.3 Å². The summed E-state index contributed by atoms with van der Waals surface area (Å²) < 4.78 is 7.27. The molecule has 1 N–H and O–H groups in total. The molecule has 0 saturated carbocycles. The smallest absolute Gasteiger partial charge is 0.222 e. The summed E-state index contributed by atoms with van der Waals surface area (Å²) in [6, 6.07) is 15.8. The minimum Gasteiger partial charge on any atom is -0.494 e. The number of aromatic nitrogens is 2.